The van der Waals surface area contributed by atoms with E-state index in [1.165, 1.54) is 12.0 Å². The lowest BCUT2D eigenvalue weighted by molar-refractivity contribution is -0.140. The third-order valence-corrected chi connectivity index (χ3v) is 5.77. The monoisotopic (exact) mass is 453 g/mol. The average Bonchev–Trinajstić information content (AvgIpc) is 3.06. The van der Waals surface area contributed by atoms with Gasteiger partial charge in [0.1, 0.15) is 17.3 Å². The molecule has 0 spiro atoms. The maximum atomic E-state index is 13.1. The number of likely N-dealkylation sites (tertiary alicyclic amines) is 1. The number of carbonyl (C=O) groups is 2. The number of Topliss-reactive ketones (excluding diaryl/α,β-unsaturated/α-hetero) is 1. The van der Waals surface area contributed by atoms with Crippen molar-refractivity contribution in [2.24, 2.45) is 0 Å². The average molecular weight is 454 g/mol. The van der Waals surface area contributed by atoms with Gasteiger partial charge >= 0.3 is 0 Å². The van der Waals surface area contributed by atoms with Crippen molar-refractivity contribution in [2.45, 2.75) is 32.2 Å². The fourth-order valence-electron chi connectivity index (χ4n) is 4.06. The van der Waals surface area contributed by atoms with Crippen molar-refractivity contribution >= 4 is 17.4 Å². The summed E-state index contributed by atoms with van der Waals surface area (Å²) >= 11 is 0. The predicted molar refractivity (Wildman–Crippen MR) is 126 cm³/mol. The molecule has 0 bridgehead atoms. The number of amides is 1. The van der Waals surface area contributed by atoms with E-state index in [0.29, 0.717) is 22.6 Å². The van der Waals surface area contributed by atoms with Crippen LogP contribution in [0.15, 0.2) is 48.0 Å². The van der Waals surface area contributed by atoms with Gasteiger partial charge < -0.3 is 24.2 Å². The minimum atomic E-state index is -0.768. The molecular weight excluding hydrogens is 422 g/mol. The molecule has 1 heterocycles. The van der Waals surface area contributed by atoms with Crippen LogP contribution in [0.5, 0.6) is 11.5 Å². The summed E-state index contributed by atoms with van der Waals surface area (Å²) in [6.45, 7) is 6.57. The molecule has 2 aromatic rings. The third kappa shape index (κ3) is 4.73. The Bertz CT molecular complexity index is 1080. The fraction of sp³-hybridized carbons (Fsp3) is 0.385. The van der Waals surface area contributed by atoms with E-state index in [-0.39, 0.29) is 29.9 Å². The van der Waals surface area contributed by atoms with Crippen LogP contribution in [-0.4, -0.2) is 56.2 Å². The maximum absolute atomic E-state index is 13.1. The van der Waals surface area contributed by atoms with E-state index in [0.717, 1.165) is 5.56 Å². The molecule has 7 heteroatoms. The van der Waals surface area contributed by atoms with Crippen molar-refractivity contribution in [1.29, 1.82) is 0 Å². The number of ketones is 1. The Labute approximate surface area is 194 Å². The summed E-state index contributed by atoms with van der Waals surface area (Å²) in [6.07, 6.45) is 0. The molecule has 1 aliphatic rings. The molecule has 1 fully saturated rings. The highest BCUT2D eigenvalue weighted by atomic mass is 16.5. The Hall–Kier alpha value is -3.32. The highest BCUT2D eigenvalue weighted by Crippen LogP contribution is 2.41. The van der Waals surface area contributed by atoms with Crippen LogP contribution in [0.2, 0.25) is 0 Å². The molecule has 2 aromatic carbocycles. The number of ether oxygens (including phenoxy) is 3. The van der Waals surface area contributed by atoms with Gasteiger partial charge in [-0.1, -0.05) is 32.9 Å². The normalized spacial score (nSPS) is 18.0. The van der Waals surface area contributed by atoms with E-state index in [1.54, 1.807) is 56.7 Å². The SMILES string of the molecule is COCCN1C(=O)C(=O)/C(=C(\O)c2ccc(OC)c(C(C)(C)C)c2)C1c1cccc(OC)c1. The molecule has 1 amide bonds. The summed E-state index contributed by atoms with van der Waals surface area (Å²) in [5.41, 5.74) is 1.75. The number of hydrogen-bond donors (Lipinski definition) is 1. The number of nitrogens with zero attached hydrogens (tertiary/aromatic N) is 1. The van der Waals surface area contributed by atoms with Crippen LogP contribution in [0.3, 0.4) is 0 Å². The van der Waals surface area contributed by atoms with Crippen LogP contribution in [0.25, 0.3) is 5.76 Å². The minimum absolute atomic E-state index is 0.0365. The number of methoxy groups -OCH3 is 3. The zero-order valence-electron chi connectivity index (χ0n) is 20.0. The smallest absolute Gasteiger partial charge is 0.295 e. The first kappa shape index (κ1) is 24.3. The van der Waals surface area contributed by atoms with Crippen LogP contribution in [0.4, 0.5) is 0 Å². The highest BCUT2D eigenvalue weighted by molar-refractivity contribution is 6.46. The van der Waals surface area contributed by atoms with Crippen LogP contribution in [0, 0.1) is 0 Å². The first-order valence-corrected chi connectivity index (χ1v) is 10.7. The second kappa shape index (κ2) is 9.67. The summed E-state index contributed by atoms with van der Waals surface area (Å²) in [5, 5.41) is 11.3. The molecule has 0 saturated carbocycles. The molecule has 1 unspecified atom stereocenters. The van der Waals surface area contributed by atoms with Gasteiger partial charge in [0, 0.05) is 24.8 Å². The molecule has 33 heavy (non-hydrogen) atoms. The third-order valence-electron chi connectivity index (χ3n) is 5.77. The summed E-state index contributed by atoms with van der Waals surface area (Å²) in [5.74, 6) is -0.363. The van der Waals surface area contributed by atoms with E-state index in [9.17, 15) is 14.7 Å². The van der Waals surface area contributed by atoms with E-state index in [1.807, 2.05) is 20.8 Å². The van der Waals surface area contributed by atoms with Gasteiger partial charge in [-0.3, -0.25) is 9.59 Å². The highest BCUT2D eigenvalue weighted by Gasteiger charge is 2.46. The lowest BCUT2D eigenvalue weighted by Gasteiger charge is -2.26. The predicted octanol–water partition coefficient (Wildman–Crippen LogP) is 4.07. The summed E-state index contributed by atoms with van der Waals surface area (Å²) in [4.78, 5) is 27.5. The van der Waals surface area contributed by atoms with Crippen molar-refractivity contribution < 1.29 is 28.9 Å². The summed E-state index contributed by atoms with van der Waals surface area (Å²) in [6, 6.07) is 11.6. The van der Waals surface area contributed by atoms with E-state index < -0.39 is 17.7 Å². The molecule has 3 rings (SSSR count). The van der Waals surface area contributed by atoms with Gasteiger partial charge in [0.05, 0.1) is 32.4 Å². The van der Waals surface area contributed by atoms with Gasteiger partial charge in [-0.2, -0.15) is 0 Å². The van der Waals surface area contributed by atoms with E-state index >= 15 is 0 Å². The van der Waals surface area contributed by atoms with E-state index in [4.69, 9.17) is 14.2 Å². The van der Waals surface area contributed by atoms with E-state index in [2.05, 4.69) is 0 Å². The van der Waals surface area contributed by atoms with Gasteiger partial charge in [0.25, 0.3) is 11.7 Å². The second-order valence-electron chi connectivity index (χ2n) is 8.93. The molecule has 7 nitrogen and oxygen atoms in total. The zero-order chi connectivity index (χ0) is 24.3. The topological polar surface area (TPSA) is 85.3 Å². The first-order chi connectivity index (χ1) is 15.6. The van der Waals surface area contributed by atoms with Gasteiger partial charge in [-0.25, -0.2) is 0 Å². The number of benzene rings is 2. The Balaban J connectivity index is 2.22. The molecule has 0 aromatic heterocycles. The van der Waals surface area contributed by atoms with Gasteiger partial charge in [0.2, 0.25) is 0 Å². The number of hydrogen-bond acceptors (Lipinski definition) is 6. The molecule has 0 aliphatic carbocycles. The Morgan fingerprint density at radius 1 is 1.03 bits per heavy atom. The van der Waals surface area contributed by atoms with Gasteiger partial charge in [0.15, 0.2) is 0 Å². The number of rotatable bonds is 7. The van der Waals surface area contributed by atoms with Crippen molar-refractivity contribution in [2.75, 3.05) is 34.5 Å². The lowest BCUT2D eigenvalue weighted by Crippen LogP contribution is -2.32. The van der Waals surface area contributed by atoms with Crippen molar-refractivity contribution in [3.8, 4) is 11.5 Å². The molecule has 1 atom stereocenters. The second-order valence-corrected chi connectivity index (χ2v) is 8.93. The fourth-order valence-corrected chi connectivity index (χ4v) is 4.06. The van der Waals surface area contributed by atoms with Crippen LogP contribution in [0.1, 0.15) is 43.5 Å². The zero-order valence-corrected chi connectivity index (χ0v) is 20.0. The minimum Gasteiger partial charge on any atom is -0.507 e. The van der Waals surface area contributed by atoms with Crippen LogP contribution < -0.4 is 9.47 Å². The quantitative estimate of drug-likeness (QED) is 0.386. The number of carbonyl (C=O) groups excluding carboxylic acids is 2. The molecule has 1 aliphatic heterocycles. The molecular formula is C26H31NO6. The Kier molecular flexibility index (Phi) is 7.12. The molecule has 1 saturated heterocycles. The largest absolute Gasteiger partial charge is 0.507 e. The van der Waals surface area contributed by atoms with Gasteiger partial charge in [-0.05, 0) is 41.3 Å². The standard InChI is InChI=1S/C26H31NO6/c1-26(2,3)19-15-17(10-11-20(19)33-6)23(28)21-22(16-8-7-9-18(14-16)32-5)27(12-13-31-4)25(30)24(21)29/h7-11,14-15,22,28H,12-13H2,1-6H3/b23-21-. The van der Waals surface area contributed by atoms with Crippen LogP contribution in [-0.2, 0) is 19.7 Å². The summed E-state index contributed by atoms with van der Waals surface area (Å²) in [7, 11) is 4.67. The lowest BCUT2D eigenvalue weighted by atomic mass is 9.84. The molecule has 1 N–H and O–H groups in total. The Morgan fingerprint density at radius 3 is 2.36 bits per heavy atom. The first-order valence-electron chi connectivity index (χ1n) is 10.7. The van der Waals surface area contributed by atoms with Crippen molar-refractivity contribution in [1.82, 2.24) is 4.90 Å². The van der Waals surface area contributed by atoms with Crippen molar-refractivity contribution in [3.05, 3.63) is 64.7 Å². The summed E-state index contributed by atoms with van der Waals surface area (Å²) < 4.78 is 16.0. The van der Waals surface area contributed by atoms with Gasteiger partial charge in [-0.15, -0.1) is 0 Å². The Morgan fingerprint density at radius 2 is 1.76 bits per heavy atom. The molecule has 0 radical (unpaired) electrons. The number of aliphatic hydroxyl groups excluding tert-OH is 1. The van der Waals surface area contributed by atoms with Crippen molar-refractivity contribution in [3.63, 3.8) is 0 Å². The number of aliphatic hydroxyl groups is 1. The maximum Gasteiger partial charge on any atom is 0.295 e. The molecule has 176 valence electrons. The van der Waals surface area contributed by atoms with Crippen LogP contribution >= 0.6 is 0 Å².